The van der Waals surface area contributed by atoms with Crippen molar-refractivity contribution in [1.82, 2.24) is 0 Å². The molecule has 0 fully saturated rings. The Hall–Kier alpha value is -1.03. The molecule has 0 radical (unpaired) electrons. The van der Waals surface area contributed by atoms with Crippen molar-refractivity contribution in [1.29, 1.82) is 0 Å². The minimum absolute atomic E-state index is 0.179. The van der Waals surface area contributed by atoms with Crippen LogP contribution in [0, 0.1) is 13.8 Å². The molecule has 1 unspecified atom stereocenters. The number of benzene rings is 1. The summed E-state index contributed by atoms with van der Waals surface area (Å²) in [5, 5.41) is 2.82. The molecule has 0 saturated carbocycles. The van der Waals surface area contributed by atoms with Crippen LogP contribution in [0.25, 0.3) is 0 Å². The van der Waals surface area contributed by atoms with Crippen LogP contribution in [0.5, 0.6) is 5.75 Å². The van der Waals surface area contributed by atoms with Gasteiger partial charge in [-0.05, 0) is 48.1 Å². The molecule has 0 saturated heterocycles. The van der Waals surface area contributed by atoms with Gasteiger partial charge in [0.05, 0.1) is 18.2 Å². The SMILES string of the molecule is COc1ccc(C(N)c2scc(C)c2Cl)c(C)c1. The fourth-order valence-corrected chi connectivity index (χ4v) is 3.25. The van der Waals surface area contributed by atoms with Crippen LogP contribution in [0.1, 0.15) is 27.6 Å². The van der Waals surface area contributed by atoms with E-state index in [-0.39, 0.29) is 6.04 Å². The summed E-state index contributed by atoms with van der Waals surface area (Å²) in [7, 11) is 1.66. The molecule has 18 heavy (non-hydrogen) atoms. The van der Waals surface area contributed by atoms with Crippen LogP contribution >= 0.6 is 22.9 Å². The molecule has 0 aliphatic carbocycles. The number of hydrogen-bond donors (Lipinski definition) is 1. The van der Waals surface area contributed by atoms with E-state index in [0.717, 1.165) is 32.3 Å². The summed E-state index contributed by atoms with van der Waals surface area (Å²) in [6, 6.07) is 5.74. The lowest BCUT2D eigenvalue weighted by Crippen LogP contribution is -2.12. The van der Waals surface area contributed by atoms with E-state index in [4.69, 9.17) is 22.1 Å². The summed E-state index contributed by atoms with van der Waals surface area (Å²) < 4.78 is 5.20. The summed E-state index contributed by atoms with van der Waals surface area (Å²) in [6.07, 6.45) is 0. The topological polar surface area (TPSA) is 35.2 Å². The zero-order valence-corrected chi connectivity index (χ0v) is 12.2. The Bertz CT molecular complexity index is 565. The van der Waals surface area contributed by atoms with E-state index in [0.29, 0.717) is 0 Å². The maximum Gasteiger partial charge on any atom is 0.119 e. The molecule has 1 aromatic carbocycles. The molecule has 4 heteroatoms. The number of methoxy groups -OCH3 is 1. The third-order valence-electron chi connectivity index (χ3n) is 3.02. The molecule has 0 bridgehead atoms. The lowest BCUT2D eigenvalue weighted by molar-refractivity contribution is 0.414. The zero-order valence-electron chi connectivity index (χ0n) is 10.7. The number of rotatable bonds is 3. The Morgan fingerprint density at radius 1 is 1.28 bits per heavy atom. The van der Waals surface area contributed by atoms with Crippen LogP contribution in [0.15, 0.2) is 23.6 Å². The normalized spacial score (nSPS) is 12.5. The maximum atomic E-state index is 6.31. The first-order chi connectivity index (χ1) is 8.54. The number of thiophene rings is 1. The highest BCUT2D eigenvalue weighted by atomic mass is 35.5. The van der Waals surface area contributed by atoms with Gasteiger partial charge in [0.25, 0.3) is 0 Å². The van der Waals surface area contributed by atoms with E-state index in [2.05, 4.69) is 0 Å². The molecule has 1 aromatic heterocycles. The molecule has 2 aromatic rings. The average molecular weight is 282 g/mol. The van der Waals surface area contributed by atoms with E-state index in [9.17, 15) is 0 Å². The van der Waals surface area contributed by atoms with Gasteiger partial charge in [-0.3, -0.25) is 0 Å². The van der Waals surface area contributed by atoms with Crippen LogP contribution in [0.3, 0.4) is 0 Å². The van der Waals surface area contributed by atoms with Crippen molar-refractivity contribution in [2.45, 2.75) is 19.9 Å². The first-order valence-corrected chi connectivity index (χ1v) is 6.94. The van der Waals surface area contributed by atoms with Crippen LogP contribution in [0.4, 0.5) is 0 Å². The van der Waals surface area contributed by atoms with Crippen molar-refractivity contribution in [2.75, 3.05) is 7.11 Å². The van der Waals surface area contributed by atoms with Gasteiger partial charge < -0.3 is 10.5 Å². The van der Waals surface area contributed by atoms with Crippen molar-refractivity contribution < 1.29 is 4.74 Å². The molecule has 2 rings (SSSR count). The lowest BCUT2D eigenvalue weighted by atomic mass is 10.00. The molecule has 96 valence electrons. The molecule has 0 spiro atoms. The minimum Gasteiger partial charge on any atom is -0.497 e. The number of aryl methyl sites for hydroxylation is 2. The van der Waals surface area contributed by atoms with Crippen molar-refractivity contribution in [3.8, 4) is 5.75 Å². The highest BCUT2D eigenvalue weighted by Crippen LogP contribution is 2.35. The van der Waals surface area contributed by atoms with Gasteiger partial charge in [-0.2, -0.15) is 0 Å². The Kier molecular flexibility index (Phi) is 3.95. The van der Waals surface area contributed by atoms with E-state index >= 15 is 0 Å². The van der Waals surface area contributed by atoms with Crippen molar-refractivity contribution in [3.63, 3.8) is 0 Å². The van der Waals surface area contributed by atoms with Crippen molar-refractivity contribution in [3.05, 3.63) is 50.2 Å². The van der Waals surface area contributed by atoms with Gasteiger partial charge in [0.2, 0.25) is 0 Å². The molecular weight excluding hydrogens is 266 g/mol. The average Bonchev–Trinajstić information content (AvgIpc) is 2.69. The smallest absolute Gasteiger partial charge is 0.119 e. The summed E-state index contributed by atoms with van der Waals surface area (Å²) in [4.78, 5) is 1.02. The first-order valence-electron chi connectivity index (χ1n) is 5.68. The van der Waals surface area contributed by atoms with Crippen LogP contribution in [-0.2, 0) is 0 Å². The maximum absolute atomic E-state index is 6.31. The van der Waals surface area contributed by atoms with Gasteiger partial charge in [-0.1, -0.05) is 17.7 Å². The molecular formula is C14H16ClNOS. The molecule has 2 N–H and O–H groups in total. The largest absolute Gasteiger partial charge is 0.497 e. The van der Waals surface area contributed by atoms with Crippen molar-refractivity contribution in [2.24, 2.45) is 5.73 Å². The molecule has 0 amide bonds. The third kappa shape index (κ3) is 2.39. The van der Waals surface area contributed by atoms with Gasteiger partial charge in [0, 0.05) is 4.88 Å². The fourth-order valence-electron chi connectivity index (χ4n) is 1.92. The summed E-state index contributed by atoms with van der Waals surface area (Å²) >= 11 is 7.88. The highest BCUT2D eigenvalue weighted by molar-refractivity contribution is 7.10. The third-order valence-corrected chi connectivity index (χ3v) is 4.82. The number of ether oxygens (including phenoxy) is 1. The number of hydrogen-bond acceptors (Lipinski definition) is 3. The number of halogens is 1. The zero-order chi connectivity index (χ0) is 13.3. The molecule has 0 aliphatic heterocycles. The van der Waals surface area contributed by atoms with Gasteiger partial charge in [0.1, 0.15) is 5.75 Å². The van der Waals surface area contributed by atoms with Gasteiger partial charge in [-0.25, -0.2) is 0 Å². The second-order valence-corrected chi connectivity index (χ2v) is 5.59. The molecule has 1 heterocycles. The highest BCUT2D eigenvalue weighted by Gasteiger charge is 2.17. The first kappa shape index (κ1) is 13.4. The van der Waals surface area contributed by atoms with Crippen molar-refractivity contribution >= 4 is 22.9 Å². The van der Waals surface area contributed by atoms with Gasteiger partial charge in [0.15, 0.2) is 0 Å². The van der Waals surface area contributed by atoms with Crippen LogP contribution in [0.2, 0.25) is 5.02 Å². The predicted molar refractivity (Wildman–Crippen MR) is 77.8 cm³/mol. The Morgan fingerprint density at radius 2 is 2.00 bits per heavy atom. The molecule has 0 aliphatic rings. The Morgan fingerprint density at radius 3 is 2.50 bits per heavy atom. The fraction of sp³-hybridized carbons (Fsp3) is 0.286. The number of nitrogens with two attached hydrogens (primary N) is 1. The molecule has 1 atom stereocenters. The van der Waals surface area contributed by atoms with E-state index in [1.165, 1.54) is 0 Å². The van der Waals surface area contributed by atoms with Crippen LogP contribution in [-0.4, -0.2) is 7.11 Å². The second-order valence-electron chi connectivity index (χ2n) is 4.30. The predicted octanol–water partition coefficient (Wildman–Crippen LogP) is 4.08. The quantitative estimate of drug-likeness (QED) is 0.920. The van der Waals surface area contributed by atoms with E-state index in [1.54, 1.807) is 18.4 Å². The van der Waals surface area contributed by atoms with Gasteiger partial charge >= 0.3 is 0 Å². The van der Waals surface area contributed by atoms with E-state index < -0.39 is 0 Å². The Balaban J connectivity index is 2.40. The monoisotopic (exact) mass is 281 g/mol. The minimum atomic E-state index is -0.179. The second kappa shape index (κ2) is 5.31. The van der Waals surface area contributed by atoms with Crippen LogP contribution < -0.4 is 10.5 Å². The van der Waals surface area contributed by atoms with E-state index in [1.807, 2.05) is 37.4 Å². The summed E-state index contributed by atoms with van der Waals surface area (Å²) in [5.74, 6) is 0.844. The van der Waals surface area contributed by atoms with Gasteiger partial charge in [-0.15, -0.1) is 11.3 Å². The standard InChI is InChI=1S/C14H16ClNOS/c1-8-6-10(17-3)4-5-11(8)13(16)14-12(15)9(2)7-18-14/h4-7,13H,16H2,1-3H3. The lowest BCUT2D eigenvalue weighted by Gasteiger charge is -2.15. The molecule has 2 nitrogen and oxygen atoms in total. The summed E-state index contributed by atoms with van der Waals surface area (Å²) in [5.41, 5.74) is 9.59. The summed E-state index contributed by atoms with van der Waals surface area (Å²) in [6.45, 7) is 4.03. The Labute approximate surface area is 116 Å².